The number of aliphatic hydroxyl groups excluding tert-OH is 1. The summed E-state index contributed by atoms with van der Waals surface area (Å²) < 4.78 is 27.1. The highest BCUT2D eigenvalue weighted by Crippen LogP contribution is 2.43. The van der Waals surface area contributed by atoms with Gasteiger partial charge in [-0.2, -0.15) is 0 Å². The second kappa shape index (κ2) is 8.21. The lowest BCUT2D eigenvalue weighted by atomic mass is 10.1. The standard InChI is InChI=1S/C24H20ClNO4S/c1-16-7-13-20(14-8-16)31(29,30)23-21(18-9-11-19(25)12-10-18)26(24(28)22(23)27)15-17-5-3-2-4-6-17/h2-14,21,27H,15H2,1H3/t21-/m0/s1. The summed E-state index contributed by atoms with van der Waals surface area (Å²) in [5.74, 6) is -1.48. The Kier molecular flexibility index (Phi) is 5.60. The maximum Gasteiger partial charge on any atom is 0.290 e. The van der Waals surface area contributed by atoms with Gasteiger partial charge in [0.2, 0.25) is 9.84 Å². The smallest absolute Gasteiger partial charge is 0.290 e. The Morgan fingerprint density at radius 1 is 0.935 bits per heavy atom. The molecule has 1 heterocycles. The Morgan fingerprint density at radius 3 is 2.16 bits per heavy atom. The number of carbonyl (C=O) groups excluding carboxylic acids is 1. The lowest BCUT2D eigenvalue weighted by Crippen LogP contribution is -2.30. The van der Waals surface area contributed by atoms with Crippen molar-refractivity contribution in [3.05, 3.63) is 111 Å². The molecule has 1 atom stereocenters. The van der Waals surface area contributed by atoms with Gasteiger partial charge in [0, 0.05) is 11.6 Å². The van der Waals surface area contributed by atoms with E-state index in [0.717, 1.165) is 11.1 Å². The van der Waals surface area contributed by atoms with Crippen molar-refractivity contribution in [3.8, 4) is 0 Å². The fourth-order valence-electron chi connectivity index (χ4n) is 3.67. The number of hydrogen-bond donors (Lipinski definition) is 1. The Morgan fingerprint density at radius 2 is 1.55 bits per heavy atom. The lowest BCUT2D eigenvalue weighted by molar-refractivity contribution is -0.130. The van der Waals surface area contributed by atoms with Gasteiger partial charge in [-0.25, -0.2) is 8.42 Å². The first kappa shape index (κ1) is 21.2. The Bertz CT molecular complexity index is 1250. The van der Waals surface area contributed by atoms with Crippen molar-refractivity contribution in [3.63, 3.8) is 0 Å². The molecular formula is C24H20ClNO4S. The first-order valence-corrected chi connectivity index (χ1v) is 11.5. The van der Waals surface area contributed by atoms with Crippen molar-refractivity contribution in [2.45, 2.75) is 24.4 Å². The molecule has 0 aliphatic carbocycles. The Hall–Kier alpha value is -3.09. The molecule has 31 heavy (non-hydrogen) atoms. The molecule has 0 spiro atoms. The molecule has 0 unspecified atom stereocenters. The minimum absolute atomic E-state index is 0.0213. The number of amides is 1. The predicted molar refractivity (Wildman–Crippen MR) is 119 cm³/mol. The van der Waals surface area contributed by atoms with Gasteiger partial charge in [0.05, 0.1) is 10.9 Å². The van der Waals surface area contributed by atoms with Crippen molar-refractivity contribution in [1.29, 1.82) is 0 Å². The summed E-state index contributed by atoms with van der Waals surface area (Å²) in [5.41, 5.74) is 2.26. The van der Waals surface area contributed by atoms with Crippen molar-refractivity contribution >= 4 is 27.3 Å². The summed E-state index contributed by atoms with van der Waals surface area (Å²) >= 11 is 6.02. The first-order valence-electron chi connectivity index (χ1n) is 9.64. The van der Waals surface area contributed by atoms with E-state index in [2.05, 4.69) is 0 Å². The SMILES string of the molecule is Cc1ccc(S(=O)(=O)C2=C(O)C(=O)N(Cc3ccccc3)[C@H]2c2ccc(Cl)cc2)cc1. The molecule has 0 bridgehead atoms. The summed E-state index contributed by atoms with van der Waals surface area (Å²) in [4.78, 5) is 14.1. The van der Waals surface area contributed by atoms with E-state index in [4.69, 9.17) is 11.6 Å². The van der Waals surface area contributed by atoms with Gasteiger partial charge in [-0.15, -0.1) is 0 Å². The zero-order valence-corrected chi connectivity index (χ0v) is 18.3. The fourth-order valence-corrected chi connectivity index (χ4v) is 5.44. The van der Waals surface area contributed by atoms with Gasteiger partial charge in [0.25, 0.3) is 5.91 Å². The van der Waals surface area contributed by atoms with Gasteiger partial charge in [-0.05, 0) is 42.3 Å². The van der Waals surface area contributed by atoms with Gasteiger partial charge in [-0.1, -0.05) is 71.8 Å². The van der Waals surface area contributed by atoms with E-state index in [1.807, 2.05) is 37.3 Å². The van der Waals surface area contributed by atoms with Crippen LogP contribution in [0, 0.1) is 6.92 Å². The van der Waals surface area contributed by atoms with Crippen molar-refractivity contribution in [2.24, 2.45) is 0 Å². The van der Waals surface area contributed by atoms with Crippen LogP contribution in [0.15, 0.2) is 94.4 Å². The zero-order chi connectivity index (χ0) is 22.2. The van der Waals surface area contributed by atoms with Crippen LogP contribution in [0.3, 0.4) is 0 Å². The molecule has 0 saturated heterocycles. The molecule has 3 aromatic carbocycles. The van der Waals surface area contributed by atoms with Crippen molar-refractivity contribution in [1.82, 2.24) is 4.90 Å². The monoisotopic (exact) mass is 453 g/mol. The number of aliphatic hydroxyl groups is 1. The van der Waals surface area contributed by atoms with E-state index in [0.29, 0.717) is 10.6 Å². The highest BCUT2D eigenvalue weighted by Gasteiger charge is 2.46. The second-order valence-electron chi connectivity index (χ2n) is 7.40. The van der Waals surface area contributed by atoms with Gasteiger partial charge < -0.3 is 10.0 Å². The van der Waals surface area contributed by atoms with Gasteiger partial charge in [-0.3, -0.25) is 4.79 Å². The average molecular weight is 454 g/mol. The molecule has 158 valence electrons. The highest BCUT2D eigenvalue weighted by molar-refractivity contribution is 7.95. The molecular weight excluding hydrogens is 434 g/mol. The van der Waals surface area contributed by atoms with Crippen LogP contribution in [0.4, 0.5) is 0 Å². The molecule has 1 aliphatic rings. The number of rotatable bonds is 5. The van der Waals surface area contributed by atoms with Crippen LogP contribution in [0.25, 0.3) is 0 Å². The number of sulfone groups is 1. The highest BCUT2D eigenvalue weighted by atomic mass is 35.5. The van der Waals surface area contributed by atoms with Crippen LogP contribution in [0.5, 0.6) is 0 Å². The van der Waals surface area contributed by atoms with E-state index in [1.165, 1.54) is 17.0 Å². The fraction of sp³-hybridized carbons (Fsp3) is 0.125. The molecule has 0 fully saturated rings. The number of nitrogens with zero attached hydrogens (tertiary/aromatic N) is 1. The third-order valence-corrected chi connectivity index (χ3v) is 7.40. The van der Waals surface area contributed by atoms with Crippen LogP contribution in [-0.4, -0.2) is 24.3 Å². The molecule has 5 nitrogen and oxygen atoms in total. The van der Waals surface area contributed by atoms with Crippen LogP contribution < -0.4 is 0 Å². The van der Waals surface area contributed by atoms with E-state index in [9.17, 15) is 18.3 Å². The van der Waals surface area contributed by atoms with Crippen molar-refractivity contribution in [2.75, 3.05) is 0 Å². The number of hydrogen-bond acceptors (Lipinski definition) is 4. The molecule has 7 heteroatoms. The van der Waals surface area contributed by atoms with Crippen molar-refractivity contribution < 1.29 is 18.3 Å². The quantitative estimate of drug-likeness (QED) is 0.591. The summed E-state index contributed by atoms with van der Waals surface area (Å²) in [6.07, 6.45) is 0. The van der Waals surface area contributed by atoms with E-state index >= 15 is 0 Å². The molecule has 1 N–H and O–H groups in total. The minimum Gasteiger partial charge on any atom is -0.502 e. The molecule has 0 radical (unpaired) electrons. The summed E-state index contributed by atoms with van der Waals surface area (Å²) in [6, 6.07) is 21.2. The van der Waals surface area contributed by atoms with Crippen LogP contribution in [0.1, 0.15) is 22.7 Å². The summed E-state index contributed by atoms with van der Waals surface area (Å²) in [5, 5.41) is 11.2. The average Bonchev–Trinajstić information content (AvgIpc) is 3.01. The number of halogens is 1. The summed E-state index contributed by atoms with van der Waals surface area (Å²) in [6.45, 7) is 1.99. The topological polar surface area (TPSA) is 74.7 Å². The Labute approximate surface area is 186 Å². The third-order valence-electron chi connectivity index (χ3n) is 5.26. The van der Waals surface area contributed by atoms with Gasteiger partial charge in [0.15, 0.2) is 5.76 Å². The van der Waals surface area contributed by atoms with Gasteiger partial charge in [0.1, 0.15) is 4.91 Å². The van der Waals surface area contributed by atoms with Crippen LogP contribution in [0.2, 0.25) is 5.02 Å². The first-order chi connectivity index (χ1) is 14.8. The zero-order valence-electron chi connectivity index (χ0n) is 16.7. The predicted octanol–water partition coefficient (Wildman–Crippen LogP) is 4.98. The van der Waals surface area contributed by atoms with Crippen LogP contribution in [-0.2, 0) is 21.2 Å². The number of benzene rings is 3. The lowest BCUT2D eigenvalue weighted by Gasteiger charge is -2.27. The Balaban J connectivity index is 1.86. The minimum atomic E-state index is -4.14. The molecule has 0 saturated carbocycles. The van der Waals surface area contributed by atoms with E-state index in [1.54, 1.807) is 36.4 Å². The van der Waals surface area contributed by atoms with Crippen LogP contribution >= 0.6 is 11.6 Å². The molecule has 0 aromatic heterocycles. The van der Waals surface area contributed by atoms with E-state index < -0.39 is 27.5 Å². The second-order valence-corrected chi connectivity index (χ2v) is 9.76. The summed E-state index contributed by atoms with van der Waals surface area (Å²) in [7, 11) is -4.14. The third kappa shape index (κ3) is 3.96. The maximum atomic E-state index is 13.5. The largest absolute Gasteiger partial charge is 0.502 e. The number of carbonyl (C=O) groups is 1. The van der Waals surface area contributed by atoms with E-state index in [-0.39, 0.29) is 16.3 Å². The maximum absolute atomic E-state index is 13.5. The molecule has 1 amide bonds. The molecule has 3 aromatic rings. The molecule has 1 aliphatic heterocycles. The normalized spacial score (nSPS) is 16.8. The molecule has 4 rings (SSSR count). The number of aryl methyl sites for hydroxylation is 1. The van der Waals surface area contributed by atoms with Gasteiger partial charge >= 0.3 is 0 Å².